The van der Waals surface area contributed by atoms with E-state index in [1.807, 2.05) is 25.1 Å². The predicted octanol–water partition coefficient (Wildman–Crippen LogP) is 3.25. The smallest absolute Gasteiger partial charge is 0.234 e. The predicted molar refractivity (Wildman–Crippen MR) is 106 cm³/mol. The van der Waals surface area contributed by atoms with Gasteiger partial charge in [-0.15, -0.1) is 0 Å². The summed E-state index contributed by atoms with van der Waals surface area (Å²) in [6, 6.07) is 5.72. The molecule has 0 amide bonds. The van der Waals surface area contributed by atoms with Crippen LogP contribution in [-0.4, -0.2) is 35.3 Å². The standard InChI is InChI=1S/C18H25N5O2S/c1-13-7-8-14(25-13)12-19-18(26)22-17-20-15(11-16(21-17)24-2)23-9-5-3-4-6-10-23/h7-8,11H,3-6,9-10,12H2,1-2H3,(H2,19,20,21,22,26). The van der Waals surface area contributed by atoms with Crippen molar-refractivity contribution in [3.05, 3.63) is 29.7 Å². The average molecular weight is 375 g/mol. The van der Waals surface area contributed by atoms with Crippen molar-refractivity contribution in [2.75, 3.05) is 30.4 Å². The van der Waals surface area contributed by atoms with Crippen LogP contribution in [0.3, 0.4) is 0 Å². The first-order valence-corrected chi connectivity index (χ1v) is 9.33. The number of methoxy groups -OCH3 is 1. The van der Waals surface area contributed by atoms with Crippen LogP contribution in [0.15, 0.2) is 22.6 Å². The normalized spacial score (nSPS) is 14.6. The summed E-state index contributed by atoms with van der Waals surface area (Å²) >= 11 is 5.34. The molecule has 2 N–H and O–H groups in total. The molecule has 1 saturated heterocycles. The van der Waals surface area contributed by atoms with Crippen LogP contribution in [0.2, 0.25) is 0 Å². The van der Waals surface area contributed by atoms with Gasteiger partial charge in [-0.25, -0.2) is 0 Å². The maximum absolute atomic E-state index is 5.52. The van der Waals surface area contributed by atoms with Gasteiger partial charge in [-0.3, -0.25) is 0 Å². The first kappa shape index (κ1) is 18.4. The Morgan fingerprint density at radius 2 is 2.00 bits per heavy atom. The minimum Gasteiger partial charge on any atom is -0.481 e. The van der Waals surface area contributed by atoms with Crippen molar-refractivity contribution in [1.82, 2.24) is 15.3 Å². The first-order chi connectivity index (χ1) is 12.6. The van der Waals surface area contributed by atoms with E-state index < -0.39 is 0 Å². The number of aromatic nitrogens is 2. The molecule has 26 heavy (non-hydrogen) atoms. The van der Waals surface area contributed by atoms with E-state index in [0.717, 1.165) is 30.4 Å². The Hall–Kier alpha value is -2.35. The number of hydrogen-bond donors (Lipinski definition) is 2. The van der Waals surface area contributed by atoms with Gasteiger partial charge in [-0.2, -0.15) is 9.97 Å². The van der Waals surface area contributed by atoms with E-state index in [0.29, 0.717) is 23.5 Å². The second kappa shape index (κ2) is 8.84. The molecule has 0 atom stereocenters. The van der Waals surface area contributed by atoms with Gasteiger partial charge in [-0.05, 0) is 44.1 Å². The summed E-state index contributed by atoms with van der Waals surface area (Å²) in [7, 11) is 1.61. The van der Waals surface area contributed by atoms with Crippen molar-refractivity contribution in [2.24, 2.45) is 0 Å². The number of nitrogens with zero attached hydrogens (tertiary/aromatic N) is 3. The second-order valence-corrected chi connectivity index (χ2v) is 6.72. The van der Waals surface area contributed by atoms with Crippen LogP contribution >= 0.6 is 12.2 Å². The summed E-state index contributed by atoms with van der Waals surface area (Å²) in [5.41, 5.74) is 0. The summed E-state index contributed by atoms with van der Waals surface area (Å²) in [6.45, 7) is 4.41. The van der Waals surface area contributed by atoms with Gasteiger partial charge in [0, 0.05) is 19.2 Å². The van der Waals surface area contributed by atoms with Gasteiger partial charge in [0.25, 0.3) is 0 Å². The van der Waals surface area contributed by atoms with Gasteiger partial charge in [0.1, 0.15) is 17.3 Å². The molecular weight excluding hydrogens is 350 g/mol. The molecule has 140 valence electrons. The van der Waals surface area contributed by atoms with E-state index in [2.05, 4.69) is 25.5 Å². The molecule has 8 heteroatoms. The zero-order chi connectivity index (χ0) is 18.4. The number of rotatable bonds is 5. The van der Waals surface area contributed by atoms with E-state index in [9.17, 15) is 0 Å². The molecule has 3 heterocycles. The van der Waals surface area contributed by atoms with Gasteiger partial charge < -0.3 is 24.7 Å². The molecule has 0 aromatic carbocycles. The Kier molecular flexibility index (Phi) is 6.27. The number of furan rings is 1. The highest BCUT2D eigenvalue weighted by molar-refractivity contribution is 7.80. The zero-order valence-corrected chi connectivity index (χ0v) is 16.1. The van der Waals surface area contributed by atoms with Crippen molar-refractivity contribution in [3.8, 4) is 5.88 Å². The Labute approximate surface area is 159 Å². The molecule has 0 bridgehead atoms. The molecule has 0 unspecified atom stereocenters. The molecule has 0 radical (unpaired) electrons. The fourth-order valence-corrected chi connectivity index (χ4v) is 3.09. The van der Waals surface area contributed by atoms with Crippen LogP contribution < -0.4 is 20.3 Å². The van der Waals surface area contributed by atoms with E-state index in [1.165, 1.54) is 25.7 Å². The van der Waals surface area contributed by atoms with Crippen molar-refractivity contribution in [2.45, 2.75) is 39.2 Å². The summed E-state index contributed by atoms with van der Waals surface area (Å²) < 4.78 is 10.9. The molecule has 0 aliphatic carbocycles. The highest BCUT2D eigenvalue weighted by Crippen LogP contribution is 2.22. The molecule has 1 aliphatic rings. The number of anilines is 2. The topological polar surface area (TPSA) is 75.5 Å². The molecule has 2 aromatic rings. The molecule has 0 saturated carbocycles. The van der Waals surface area contributed by atoms with E-state index >= 15 is 0 Å². The van der Waals surface area contributed by atoms with E-state index in [1.54, 1.807) is 7.11 Å². The maximum atomic E-state index is 5.52. The van der Waals surface area contributed by atoms with Gasteiger partial charge >= 0.3 is 0 Å². The molecule has 0 spiro atoms. The number of aryl methyl sites for hydroxylation is 1. The summed E-state index contributed by atoms with van der Waals surface area (Å²) in [6.07, 6.45) is 4.89. The highest BCUT2D eigenvalue weighted by atomic mass is 32.1. The lowest BCUT2D eigenvalue weighted by atomic mass is 10.2. The van der Waals surface area contributed by atoms with Gasteiger partial charge in [0.15, 0.2) is 5.11 Å². The lowest BCUT2D eigenvalue weighted by molar-refractivity contribution is 0.397. The monoisotopic (exact) mass is 375 g/mol. The molecule has 1 fully saturated rings. The molecule has 7 nitrogen and oxygen atoms in total. The minimum atomic E-state index is 0.428. The lowest BCUT2D eigenvalue weighted by Gasteiger charge is -2.22. The van der Waals surface area contributed by atoms with Crippen LogP contribution in [0.5, 0.6) is 5.88 Å². The van der Waals surface area contributed by atoms with Crippen LogP contribution in [0.25, 0.3) is 0 Å². The third kappa shape index (κ3) is 5.08. The lowest BCUT2D eigenvalue weighted by Crippen LogP contribution is -2.29. The quantitative estimate of drug-likeness (QED) is 0.772. The number of thiocarbonyl (C=S) groups is 1. The third-order valence-corrected chi connectivity index (χ3v) is 4.52. The third-order valence-electron chi connectivity index (χ3n) is 4.27. The molecule has 3 rings (SSSR count). The molecule has 2 aromatic heterocycles. The number of hydrogen-bond acceptors (Lipinski definition) is 6. The van der Waals surface area contributed by atoms with Crippen molar-refractivity contribution < 1.29 is 9.15 Å². The van der Waals surface area contributed by atoms with Crippen molar-refractivity contribution >= 4 is 29.1 Å². The van der Waals surface area contributed by atoms with E-state index in [-0.39, 0.29) is 0 Å². The van der Waals surface area contributed by atoms with Gasteiger partial charge in [-0.1, -0.05) is 12.8 Å². The molecular formula is C18H25N5O2S. The molecule has 1 aliphatic heterocycles. The van der Waals surface area contributed by atoms with Crippen molar-refractivity contribution in [1.29, 1.82) is 0 Å². The SMILES string of the molecule is COc1cc(N2CCCCCC2)nc(NC(=S)NCc2ccc(C)o2)n1. The maximum Gasteiger partial charge on any atom is 0.234 e. The van der Waals surface area contributed by atoms with Gasteiger partial charge in [0.2, 0.25) is 11.8 Å². The fraction of sp³-hybridized carbons (Fsp3) is 0.500. The summed E-state index contributed by atoms with van der Waals surface area (Å²) in [4.78, 5) is 11.2. The minimum absolute atomic E-state index is 0.428. The largest absolute Gasteiger partial charge is 0.481 e. The fourth-order valence-electron chi connectivity index (χ4n) is 2.93. The van der Waals surface area contributed by atoms with Crippen LogP contribution in [0.4, 0.5) is 11.8 Å². The van der Waals surface area contributed by atoms with Crippen LogP contribution in [0.1, 0.15) is 37.2 Å². The summed E-state index contributed by atoms with van der Waals surface area (Å²) in [5.74, 6) is 3.51. The summed E-state index contributed by atoms with van der Waals surface area (Å²) in [5, 5.41) is 6.58. The Morgan fingerprint density at radius 3 is 2.65 bits per heavy atom. The highest BCUT2D eigenvalue weighted by Gasteiger charge is 2.15. The average Bonchev–Trinajstić information content (AvgIpc) is 2.88. The Bertz CT molecular complexity index is 741. The van der Waals surface area contributed by atoms with Crippen LogP contribution in [-0.2, 0) is 6.54 Å². The second-order valence-electron chi connectivity index (χ2n) is 6.31. The Balaban J connectivity index is 1.65. The zero-order valence-electron chi connectivity index (χ0n) is 15.2. The van der Waals surface area contributed by atoms with E-state index in [4.69, 9.17) is 21.4 Å². The van der Waals surface area contributed by atoms with Gasteiger partial charge in [0.05, 0.1) is 13.7 Å². The Morgan fingerprint density at radius 1 is 1.23 bits per heavy atom. The van der Waals surface area contributed by atoms with Crippen LogP contribution in [0, 0.1) is 6.92 Å². The number of nitrogens with one attached hydrogen (secondary N) is 2. The number of ether oxygens (including phenoxy) is 1. The van der Waals surface area contributed by atoms with Crippen molar-refractivity contribution in [3.63, 3.8) is 0 Å². The first-order valence-electron chi connectivity index (χ1n) is 8.92.